The summed E-state index contributed by atoms with van der Waals surface area (Å²) >= 11 is 3.14. The number of aromatic nitrogens is 1. The molecule has 0 aliphatic carbocycles. The number of carbonyl (C=O) groups is 2. The molecular formula is C29H23N3O3S2. The van der Waals surface area contributed by atoms with Crippen LogP contribution < -0.4 is 10.1 Å². The summed E-state index contributed by atoms with van der Waals surface area (Å²) in [6.07, 6.45) is 0.722. The predicted molar refractivity (Wildman–Crippen MR) is 149 cm³/mol. The van der Waals surface area contributed by atoms with E-state index in [4.69, 9.17) is 9.72 Å². The number of hydrogen-bond acceptors (Lipinski definition) is 6. The first-order valence-electron chi connectivity index (χ1n) is 12.0. The lowest BCUT2D eigenvalue weighted by Crippen LogP contribution is -2.33. The van der Waals surface area contributed by atoms with Crippen LogP contribution in [0.25, 0.3) is 20.8 Å². The van der Waals surface area contributed by atoms with E-state index in [9.17, 15) is 9.59 Å². The average Bonchev–Trinajstić information content (AvgIpc) is 3.49. The highest BCUT2D eigenvalue weighted by molar-refractivity contribution is 7.23. The van der Waals surface area contributed by atoms with E-state index in [1.807, 2.05) is 65.6 Å². The van der Waals surface area contributed by atoms with Gasteiger partial charge in [0.25, 0.3) is 5.91 Å². The van der Waals surface area contributed by atoms with Crippen molar-refractivity contribution in [3.05, 3.63) is 94.9 Å². The maximum Gasteiger partial charge on any atom is 0.260 e. The van der Waals surface area contributed by atoms with Gasteiger partial charge >= 0.3 is 0 Å². The summed E-state index contributed by atoms with van der Waals surface area (Å²) in [7, 11) is 0. The van der Waals surface area contributed by atoms with E-state index >= 15 is 0 Å². The molecule has 0 spiro atoms. The topological polar surface area (TPSA) is 71.5 Å². The molecule has 1 aliphatic rings. The smallest absolute Gasteiger partial charge is 0.260 e. The van der Waals surface area contributed by atoms with Gasteiger partial charge in [-0.2, -0.15) is 0 Å². The summed E-state index contributed by atoms with van der Waals surface area (Å²) in [4.78, 5) is 33.5. The zero-order valence-electron chi connectivity index (χ0n) is 20.1. The number of benzene rings is 3. The van der Waals surface area contributed by atoms with Crippen LogP contribution in [-0.2, 0) is 17.8 Å². The van der Waals surface area contributed by atoms with Crippen molar-refractivity contribution >= 4 is 49.7 Å². The van der Waals surface area contributed by atoms with Gasteiger partial charge in [-0.25, -0.2) is 4.98 Å². The van der Waals surface area contributed by atoms with Gasteiger partial charge in [-0.3, -0.25) is 9.59 Å². The van der Waals surface area contributed by atoms with Crippen LogP contribution in [-0.4, -0.2) is 28.2 Å². The standard InChI is InChI=1S/C29H23N3O3S2/c1-18(33)32-16-15-21-25(17-32)37-29(26(21)28-30-22-12-6-8-14-24(22)36-28)31-27(34)20-11-5-7-13-23(20)35-19-9-3-2-4-10-19/h2-14H,15-17H2,1H3,(H,31,34). The molecule has 1 N–H and O–H groups in total. The Hall–Kier alpha value is -4.01. The maximum absolute atomic E-state index is 13.6. The van der Waals surface area contributed by atoms with E-state index in [0.717, 1.165) is 42.7 Å². The number of hydrogen-bond donors (Lipinski definition) is 1. The SMILES string of the molecule is CC(=O)N1CCc2c(sc(NC(=O)c3ccccc3Oc3ccccc3)c2-c2nc3ccccc3s2)C1. The van der Waals surface area contributed by atoms with E-state index in [2.05, 4.69) is 11.4 Å². The van der Waals surface area contributed by atoms with Crippen molar-refractivity contribution in [3.8, 4) is 22.1 Å². The van der Waals surface area contributed by atoms with Crippen molar-refractivity contribution in [2.45, 2.75) is 19.9 Å². The van der Waals surface area contributed by atoms with E-state index in [0.29, 0.717) is 30.2 Å². The average molecular weight is 526 g/mol. The summed E-state index contributed by atoms with van der Waals surface area (Å²) in [5, 5.41) is 4.78. The van der Waals surface area contributed by atoms with E-state index in [1.165, 1.54) is 11.3 Å². The third kappa shape index (κ3) is 4.61. The summed E-state index contributed by atoms with van der Waals surface area (Å²) in [5.41, 5.74) is 3.49. The predicted octanol–water partition coefficient (Wildman–Crippen LogP) is 6.97. The van der Waals surface area contributed by atoms with Crippen LogP contribution in [0, 0.1) is 0 Å². The summed E-state index contributed by atoms with van der Waals surface area (Å²) in [6, 6.07) is 24.7. The molecule has 0 atom stereocenters. The third-order valence-electron chi connectivity index (χ3n) is 6.34. The van der Waals surface area contributed by atoms with Crippen LogP contribution in [0.15, 0.2) is 78.9 Å². The molecule has 2 aromatic heterocycles. The zero-order valence-corrected chi connectivity index (χ0v) is 21.7. The Morgan fingerprint density at radius 2 is 1.70 bits per heavy atom. The number of thiazole rings is 1. The molecule has 0 bridgehead atoms. The Balaban J connectivity index is 1.39. The number of ether oxygens (including phenoxy) is 1. The Kier molecular flexibility index (Phi) is 6.20. The van der Waals surface area contributed by atoms with Crippen molar-refractivity contribution < 1.29 is 14.3 Å². The van der Waals surface area contributed by atoms with E-state index in [1.54, 1.807) is 30.4 Å². The fourth-order valence-corrected chi connectivity index (χ4v) is 6.86. The Morgan fingerprint density at radius 3 is 2.51 bits per heavy atom. The van der Waals surface area contributed by atoms with Crippen LogP contribution in [0.3, 0.4) is 0 Å². The number of para-hydroxylation sites is 3. The zero-order chi connectivity index (χ0) is 25.4. The van der Waals surface area contributed by atoms with Gasteiger partial charge in [-0.05, 0) is 48.4 Å². The van der Waals surface area contributed by atoms with Crippen molar-refractivity contribution in [1.82, 2.24) is 9.88 Å². The van der Waals surface area contributed by atoms with Gasteiger partial charge in [0.05, 0.1) is 22.3 Å². The fraction of sp³-hybridized carbons (Fsp3) is 0.138. The minimum atomic E-state index is -0.254. The Labute approximate surface area is 222 Å². The molecule has 0 unspecified atom stereocenters. The second-order valence-corrected chi connectivity index (χ2v) is 10.9. The highest BCUT2D eigenvalue weighted by Gasteiger charge is 2.29. The number of thiophene rings is 1. The van der Waals surface area contributed by atoms with Crippen LogP contribution in [0.4, 0.5) is 5.00 Å². The highest BCUT2D eigenvalue weighted by atomic mass is 32.1. The molecule has 6 rings (SSSR count). The second-order valence-electron chi connectivity index (χ2n) is 8.75. The monoisotopic (exact) mass is 525 g/mol. The van der Waals surface area contributed by atoms with Gasteiger partial charge in [-0.15, -0.1) is 22.7 Å². The molecule has 184 valence electrons. The molecule has 0 fully saturated rings. The largest absolute Gasteiger partial charge is 0.457 e. The first kappa shape index (κ1) is 23.4. The molecule has 5 aromatic rings. The lowest BCUT2D eigenvalue weighted by Gasteiger charge is -2.26. The highest BCUT2D eigenvalue weighted by Crippen LogP contribution is 2.46. The summed E-state index contributed by atoms with van der Waals surface area (Å²) < 4.78 is 7.13. The molecule has 0 radical (unpaired) electrons. The lowest BCUT2D eigenvalue weighted by molar-refractivity contribution is -0.129. The summed E-state index contributed by atoms with van der Waals surface area (Å²) in [5.74, 6) is 0.944. The van der Waals surface area contributed by atoms with Crippen molar-refractivity contribution in [1.29, 1.82) is 0 Å². The first-order chi connectivity index (χ1) is 18.1. The fourth-order valence-electron chi connectivity index (χ4n) is 4.49. The molecule has 2 amide bonds. The van der Waals surface area contributed by atoms with Gasteiger partial charge in [0, 0.05) is 23.9 Å². The van der Waals surface area contributed by atoms with Crippen molar-refractivity contribution in [3.63, 3.8) is 0 Å². The van der Waals surface area contributed by atoms with Gasteiger partial charge in [0.1, 0.15) is 21.5 Å². The molecule has 37 heavy (non-hydrogen) atoms. The number of nitrogens with zero attached hydrogens (tertiary/aromatic N) is 2. The molecule has 0 saturated heterocycles. The molecule has 0 saturated carbocycles. The summed E-state index contributed by atoms with van der Waals surface area (Å²) in [6.45, 7) is 2.79. The maximum atomic E-state index is 13.6. The van der Waals surface area contributed by atoms with Crippen LogP contribution in [0.2, 0.25) is 0 Å². The number of amides is 2. The normalized spacial score (nSPS) is 12.8. The van der Waals surface area contributed by atoms with Crippen LogP contribution >= 0.6 is 22.7 Å². The Morgan fingerprint density at radius 1 is 0.946 bits per heavy atom. The second kappa shape index (κ2) is 9.80. The number of nitrogens with one attached hydrogen (secondary N) is 1. The number of fused-ring (bicyclic) bond motifs is 2. The van der Waals surface area contributed by atoms with Crippen molar-refractivity contribution in [2.75, 3.05) is 11.9 Å². The molecular weight excluding hydrogens is 502 g/mol. The van der Waals surface area contributed by atoms with Gasteiger partial charge in [0.2, 0.25) is 5.91 Å². The molecule has 3 heterocycles. The quantitative estimate of drug-likeness (QED) is 0.269. The van der Waals surface area contributed by atoms with E-state index < -0.39 is 0 Å². The third-order valence-corrected chi connectivity index (χ3v) is 8.53. The van der Waals surface area contributed by atoms with Crippen molar-refractivity contribution in [2.24, 2.45) is 0 Å². The lowest BCUT2D eigenvalue weighted by atomic mass is 10.0. The molecule has 8 heteroatoms. The molecule has 1 aliphatic heterocycles. The Bertz CT molecular complexity index is 1590. The van der Waals surface area contributed by atoms with Gasteiger partial charge < -0.3 is 15.0 Å². The van der Waals surface area contributed by atoms with Crippen LogP contribution in [0.1, 0.15) is 27.7 Å². The molecule has 6 nitrogen and oxygen atoms in total. The number of anilines is 1. The number of rotatable bonds is 5. The minimum Gasteiger partial charge on any atom is -0.457 e. The van der Waals surface area contributed by atoms with Gasteiger partial charge in [-0.1, -0.05) is 42.5 Å². The number of carbonyl (C=O) groups excluding carboxylic acids is 2. The first-order valence-corrected chi connectivity index (χ1v) is 13.6. The van der Waals surface area contributed by atoms with Crippen LogP contribution in [0.5, 0.6) is 11.5 Å². The van der Waals surface area contributed by atoms with Gasteiger partial charge in [0.15, 0.2) is 0 Å². The van der Waals surface area contributed by atoms with E-state index in [-0.39, 0.29) is 11.8 Å². The molecule has 3 aromatic carbocycles. The minimum absolute atomic E-state index is 0.0539.